The Hall–Kier alpha value is -2.91. The first-order chi connectivity index (χ1) is 14.8. The minimum atomic E-state index is -4.76. The molecule has 0 fully saturated rings. The van der Waals surface area contributed by atoms with Gasteiger partial charge < -0.3 is 4.74 Å². The van der Waals surface area contributed by atoms with Gasteiger partial charge in [-0.15, -0.1) is 24.5 Å². The van der Waals surface area contributed by atoms with Crippen molar-refractivity contribution in [2.45, 2.75) is 12.9 Å². The summed E-state index contributed by atoms with van der Waals surface area (Å²) < 4.78 is 43.0. The SMILES string of the molecule is O=C(c1cccnc1)N(Cc1ccc(OC(F)(F)F)cc1)c1sc2ccccc2c1Br. The number of thiophene rings is 1. The van der Waals surface area contributed by atoms with Crippen LogP contribution in [-0.4, -0.2) is 17.3 Å². The van der Waals surface area contributed by atoms with E-state index in [2.05, 4.69) is 25.7 Å². The van der Waals surface area contributed by atoms with E-state index in [0.29, 0.717) is 16.1 Å². The molecule has 0 bridgehead atoms. The number of anilines is 1. The predicted octanol–water partition coefficient (Wildman–Crippen LogP) is 6.80. The van der Waals surface area contributed by atoms with Crippen molar-refractivity contribution in [3.63, 3.8) is 0 Å². The standard InChI is InChI=1S/C22H14BrF3N2O2S/c23-19-17-5-1-2-6-18(17)31-21(19)28(20(29)15-4-3-11-27-12-15)13-14-7-9-16(10-8-14)30-22(24,25)26/h1-12H,13H2. The molecule has 2 aromatic heterocycles. The summed E-state index contributed by atoms with van der Waals surface area (Å²) in [4.78, 5) is 18.9. The fourth-order valence-electron chi connectivity index (χ4n) is 3.03. The van der Waals surface area contributed by atoms with Gasteiger partial charge in [0, 0.05) is 22.5 Å². The summed E-state index contributed by atoms with van der Waals surface area (Å²) in [5, 5.41) is 1.67. The Morgan fingerprint density at radius 1 is 1.06 bits per heavy atom. The molecule has 0 saturated carbocycles. The molecular weight excluding hydrogens is 493 g/mol. The smallest absolute Gasteiger partial charge is 0.406 e. The first-order valence-corrected chi connectivity index (χ1v) is 10.7. The quantitative estimate of drug-likeness (QED) is 0.298. The Bertz CT molecular complexity index is 1210. The van der Waals surface area contributed by atoms with Crippen LogP contribution in [0.25, 0.3) is 10.1 Å². The third-order valence-electron chi connectivity index (χ3n) is 4.41. The minimum absolute atomic E-state index is 0.158. The van der Waals surface area contributed by atoms with Crippen molar-refractivity contribution < 1.29 is 22.7 Å². The molecule has 0 atom stereocenters. The highest BCUT2D eigenvalue weighted by molar-refractivity contribution is 9.10. The zero-order valence-corrected chi connectivity index (χ0v) is 18.2. The van der Waals surface area contributed by atoms with Gasteiger partial charge in [-0.2, -0.15) is 0 Å². The topological polar surface area (TPSA) is 42.4 Å². The first kappa shape index (κ1) is 21.3. The molecule has 0 aliphatic carbocycles. The molecule has 158 valence electrons. The first-order valence-electron chi connectivity index (χ1n) is 9.05. The second kappa shape index (κ2) is 8.68. The van der Waals surface area contributed by atoms with Crippen LogP contribution in [0.5, 0.6) is 5.75 Å². The van der Waals surface area contributed by atoms with Gasteiger partial charge >= 0.3 is 6.36 Å². The number of rotatable bonds is 5. The maximum atomic E-state index is 13.3. The highest BCUT2D eigenvalue weighted by atomic mass is 79.9. The number of carbonyl (C=O) groups excluding carboxylic acids is 1. The lowest BCUT2D eigenvalue weighted by Crippen LogP contribution is -2.30. The Morgan fingerprint density at radius 3 is 2.45 bits per heavy atom. The number of fused-ring (bicyclic) bond motifs is 1. The zero-order valence-electron chi connectivity index (χ0n) is 15.8. The maximum absolute atomic E-state index is 13.3. The van der Waals surface area contributed by atoms with Crippen molar-refractivity contribution in [3.8, 4) is 5.75 Å². The molecule has 2 heterocycles. The summed E-state index contributed by atoms with van der Waals surface area (Å²) in [6.45, 7) is 0.158. The van der Waals surface area contributed by atoms with Crippen LogP contribution in [0.3, 0.4) is 0 Å². The van der Waals surface area contributed by atoms with Gasteiger partial charge in [0.05, 0.1) is 16.6 Å². The van der Waals surface area contributed by atoms with E-state index in [-0.39, 0.29) is 18.2 Å². The van der Waals surface area contributed by atoms with E-state index >= 15 is 0 Å². The second-order valence-electron chi connectivity index (χ2n) is 6.54. The van der Waals surface area contributed by atoms with Crippen molar-refractivity contribution >= 4 is 48.3 Å². The van der Waals surface area contributed by atoms with Gasteiger partial charge in [-0.1, -0.05) is 30.3 Å². The number of ether oxygens (including phenoxy) is 1. The molecule has 4 rings (SSSR count). The molecule has 4 aromatic rings. The lowest BCUT2D eigenvalue weighted by atomic mass is 10.1. The number of nitrogens with zero attached hydrogens (tertiary/aromatic N) is 2. The van der Waals surface area contributed by atoms with Crippen molar-refractivity contribution in [2.75, 3.05) is 4.90 Å². The zero-order chi connectivity index (χ0) is 22.0. The average molecular weight is 507 g/mol. The Balaban J connectivity index is 1.70. The van der Waals surface area contributed by atoms with Crippen LogP contribution in [0.15, 0.2) is 77.5 Å². The highest BCUT2D eigenvalue weighted by Gasteiger charge is 2.31. The monoisotopic (exact) mass is 506 g/mol. The van der Waals surface area contributed by atoms with Crippen LogP contribution in [0.1, 0.15) is 15.9 Å². The Labute approximate surface area is 188 Å². The molecule has 31 heavy (non-hydrogen) atoms. The van der Waals surface area contributed by atoms with Gasteiger partial charge in [-0.25, -0.2) is 0 Å². The number of hydrogen-bond acceptors (Lipinski definition) is 4. The molecule has 2 aromatic carbocycles. The molecule has 0 saturated heterocycles. The summed E-state index contributed by atoms with van der Waals surface area (Å²) in [5.74, 6) is -0.583. The molecule has 0 N–H and O–H groups in total. The number of alkyl halides is 3. The molecular formula is C22H14BrF3N2O2S. The lowest BCUT2D eigenvalue weighted by Gasteiger charge is -2.22. The fourth-order valence-corrected chi connectivity index (χ4v) is 5.06. The minimum Gasteiger partial charge on any atom is -0.406 e. The van der Waals surface area contributed by atoms with Gasteiger partial charge in [-0.3, -0.25) is 14.7 Å². The number of halogens is 4. The van der Waals surface area contributed by atoms with Crippen molar-refractivity contribution in [1.29, 1.82) is 0 Å². The summed E-state index contributed by atoms with van der Waals surface area (Å²) in [5.41, 5.74) is 1.06. The van der Waals surface area contributed by atoms with E-state index in [1.807, 2.05) is 24.3 Å². The summed E-state index contributed by atoms with van der Waals surface area (Å²) in [6, 6.07) is 16.6. The van der Waals surface area contributed by atoms with E-state index in [1.165, 1.54) is 41.8 Å². The fraction of sp³-hybridized carbons (Fsp3) is 0.0909. The molecule has 9 heteroatoms. The van der Waals surface area contributed by atoms with E-state index in [0.717, 1.165) is 14.6 Å². The van der Waals surface area contributed by atoms with Crippen molar-refractivity contribution in [3.05, 3.63) is 88.7 Å². The van der Waals surface area contributed by atoms with E-state index in [1.54, 1.807) is 23.2 Å². The summed E-state index contributed by atoms with van der Waals surface area (Å²) in [6.07, 6.45) is -1.70. The van der Waals surface area contributed by atoms with Gasteiger partial charge in [0.2, 0.25) is 0 Å². The molecule has 4 nitrogen and oxygen atoms in total. The molecule has 0 unspecified atom stereocenters. The van der Waals surface area contributed by atoms with Crippen LogP contribution in [-0.2, 0) is 6.54 Å². The molecule has 0 spiro atoms. The van der Waals surface area contributed by atoms with Crippen LogP contribution in [0.4, 0.5) is 18.2 Å². The molecule has 0 aliphatic rings. The average Bonchev–Trinajstić information content (AvgIpc) is 3.09. The van der Waals surface area contributed by atoms with Gasteiger partial charge in [0.25, 0.3) is 5.91 Å². The van der Waals surface area contributed by atoms with Gasteiger partial charge in [0.15, 0.2) is 0 Å². The van der Waals surface area contributed by atoms with Crippen molar-refractivity contribution in [1.82, 2.24) is 4.98 Å². The number of amides is 1. The number of aromatic nitrogens is 1. The van der Waals surface area contributed by atoms with Crippen LogP contribution in [0.2, 0.25) is 0 Å². The summed E-state index contributed by atoms with van der Waals surface area (Å²) in [7, 11) is 0. The number of hydrogen-bond donors (Lipinski definition) is 0. The lowest BCUT2D eigenvalue weighted by molar-refractivity contribution is -0.274. The molecule has 0 aliphatic heterocycles. The maximum Gasteiger partial charge on any atom is 0.573 e. The van der Waals surface area contributed by atoms with E-state index in [4.69, 9.17) is 0 Å². The highest BCUT2D eigenvalue weighted by Crippen LogP contribution is 2.43. The Kier molecular flexibility index (Phi) is 5.97. The van der Waals surface area contributed by atoms with Crippen molar-refractivity contribution in [2.24, 2.45) is 0 Å². The third kappa shape index (κ3) is 4.88. The number of carbonyl (C=O) groups is 1. The van der Waals surface area contributed by atoms with Gasteiger partial charge in [0.1, 0.15) is 10.8 Å². The molecule has 1 amide bonds. The molecule has 0 radical (unpaired) electrons. The van der Waals surface area contributed by atoms with E-state index < -0.39 is 6.36 Å². The predicted molar refractivity (Wildman–Crippen MR) is 117 cm³/mol. The normalized spacial score (nSPS) is 11.5. The van der Waals surface area contributed by atoms with Crippen LogP contribution in [0, 0.1) is 0 Å². The van der Waals surface area contributed by atoms with E-state index in [9.17, 15) is 18.0 Å². The summed E-state index contributed by atoms with van der Waals surface area (Å²) >= 11 is 5.06. The van der Waals surface area contributed by atoms with Gasteiger partial charge in [-0.05, 0) is 51.8 Å². The van der Waals surface area contributed by atoms with Crippen LogP contribution >= 0.6 is 27.3 Å². The largest absolute Gasteiger partial charge is 0.573 e. The van der Waals surface area contributed by atoms with Crippen LogP contribution < -0.4 is 9.64 Å². The third-order valence-corrected chi connectivity index (χ3v) is 6.67. The Morgan fingerprint density at radius 2 is 1.81 bits per heavy atom. The number of pyridine rings is 1. The number of benzene rings is 2. The second-order valence-corrected chi connectivity index (χ2v) is 8.37.